The monoisotopic (exact) mass is 183 g/mol. The maximum Gasteiger partial charge on any atom is 0.238 e. The van der Waals surface area contributed by atoms with Gasteiger partial charge in [0.1, 0.15) is 0 Å². The quantitative estimate of drug-likeness (QED) is 0.533. The highest BCUT2D eigenvalue weighted by Crippen LogP contribution is 2.22. The van der Waals surface area contributed by atoms with Crippen molar-refractivity contribution in [2.24, 2.45) is 0 Å². The summed E-state index contributed by atoms with van der Waals surface area (Å²) in [5, 5.41) is 6.42. The van der Waals surface area contributed by atoms with Gasteiger partial charge < -0.3 is 10.2 Å². The summed E-state index contributed by atoms with van der Waals surface area (Å²) >= 11 is 0. The van der Waals surface area contributed by atoms with E-state index in [1.807, 2.05) is 6.92 Å². The molecule has 2 heterocycles. The van der Waals surface area contributed by atoms with Gasteiger partial charge in [-0.05, 0) is 26.8 Å². The van der Waals surface area contributed by atoms with E-state index in [2.05, 4.69) is 22.6 Å². The van der Waals surface area contributed by atoms with Gasteiger partial charge in [-0.3, -0.25) is 10.1 Å². The average molecular weight is 183 g/mol. The van der Waals surface area contributed by atoms with Crippen LogP contribution in [0.3, 0.4) is 0 Å². The van der Waals surface area contributed by atoms with Crippen molar-refractivity contribution >= 4 is 5.91 Å². The Balaban J connectivity index is 2.03. The number of rotatable bonds is 0. The molecule has 0 aromatic carbocycles. The van der Waals surface area contributed by atoms with Crippen molar-refractivity contribution in [2.45, 2.75) is 31.5 Å². The molecular weight excluding hydrogens is 166 g/mol. The van der Waals surface area contributed by atoms with Crippen LogP contribution in [-0.2, 0) is 4.79 Å². The van der Waals surface area contributed by atoms with Crippen molar-refractivity contribution < 1.29 is 4.79 Å². The number of piperidine rings is 1. The Bertz CT molecular complexity index is 221. The maximum atomic E-state index is 11.3. The number of likely N-dealkylation sites (tertiary alicyclic amines) is 1. The third kappa shape index (κ3) is 1.56. The topological polar surface area (TPSA) is 44.4 Å². The second kappa shape index (κ2) is 2.96. The fourth-order valence-electron chi connectivity index (χ4n) is 2.13. The van der Waals surface area contributed by atoms with Crippen molar-refractivity contribution in [3.63, 3.8) is 0 Å². The molecule has 0 aromatic heterocycles. The Morgan fingerprint density at radius 2 is 2.08 bits per heavy atom. The zero-order chi connectivity index (χ0) is 9.47. The predicted molar refractivity (Wildman–Crippen MR) is 50.2 cm³/mol. The number of nitrogens with one attached hydrogen (secondary N) is 2. The lowest BCUT2D eigenvalue weighted by Crippen LogP contribution is -2.56. The van der Waals surface area contributed by atoms with Crippen molar-refractivity contribution in [3.05, 3.63) is 0 Å². The van der Waals surface area contributed by atoms with Gasteiger partial charge >= 0.3 is 0 Å². The van der Waals surface area contributed by atoms with E-state index in [9.17, 15) is 4.79 Å². The smallest absolute Gasteiger partial charge is 0.238 e. The molecule has 4 nitrogen and oxygen atoms in total. The van der Waals surface area contributed by atoms with Crippen LogP contribution >= 0.6 is 0 Å². The van der Waals surface area contributed by atoms with E-state index < -0.39 is 0 Å². The molecule has 0 saturated carbocycles. The van der Waals surface area contributed by atoms with Gasteiger partial charge in [0.05, 0.1) is 11.7 Å². The zero-order valence-corrected chi connectivity index (χ0v) is 8.26. The standard InChI is InChI=1S/C9H17N3O/c1-7-8(13)11-9(10-7)3-5-12(2)6-4-9/h7,10H,3-6H2,1-2H3,(H,11,13). The third-order valence-electron chi connectivity index (χ3n) is 3.09. The second-order valence-corrected chi connectivity index (χ2v) is 4.24. The van der Waals surface area contributed by atoms with Gasteiger partial charge in [0, 0.05) is 13.1 Å². The minimum Gasteiger partial charge on any atom is -0.337 e. The van der Waals surface area contributed by atoms with E-state index in [1.165, 1.54) is 0 Å². The second-order valence-electron chi connectivity index (χ2n) is 4.24. The van der Waals surface area contributed by atoms with Crippen LogP contribution in [0, 0.1) is 0 Å². The van der Waals surface area contributed by atoms with Crippen LogP contribution in [0.4, 0.5) is 0 Å². The van der Waals surface area contributed by atoms with Gasteiger partial charge in [0.25, 0.3) is 0 Å². The fourth-order valence-corrected chi connectivity index (χ4v) is 2.13. The molecule has 2 rings (SSSR count). The molecule has 4 heteroatoms. The van der Waals surface area contributed by atoms with Crippen molar-refractivity contribution in [1.29, 1.82) is 0 Å². The van der Waals surface area contributed by atoms with Crippen LogP contribution in [0.2, 0.25) is 0 Å². The van der Waals surface area contributed by atoms with E-state index in [0.29, 0.717) is 0 Å². The van der Waals surface area contributed by atoms with Gasteiger partial charge in [0.2, 0.25) is 5.91 Å². The number of carbonyl (C=O) groups is 1. The van der Waals surface area contributed by atoms with E-state index >= 15 is 0 Å². The molecule has 0 bridgehead atoms. The number of carbonyl (C=O) groups excluding carboxylic acids is 1. The predicted octanol–water partition coefficient (Wildman–Crippen LogP) is -0.484. The molecule has 1 unspecified atom stereocenters. The summed E-state index contributed by atoms with van der Waals surface area (Å²) in [6.45, 7) is 4.03. The van der Waals surface area contributed by atoms with Crippen LogP contribution < -0.4 is 10.6 Å². The molecule has 0 aromatic rings. The highest BCUT2D eigenvalue weighted by atomic mass is 16.2. The van der Waals surface area contributed by atoms with Gasteiger partial charge in [-0.15, -0.1) is 0 Å². The Hall–Kier alpha value is -0.610. The number of hydrogen-bond acceptors (Lipinski definition) is 3. The lowest BCUT2D eigenvalue weighted by atomic mass is 9.98. The summed E-state index contributed by atoms with van der Waals surface area (Å²) in [6, 6.07) is -0.0246. The normalized spacial score (nSPS) is 33.7. The summed E-state index contributed by atoms with van der Waals surface area (Å²) in [6.07, 6.45) is 2.03. The zero-order valence-electron chi connectivity index (χ0n) is 8.26. The first kappa shape index (κ1) is 8.97. The molecule has 2 fully saturated rings. The maximum absolute atomic E-state index is 11.3. The first-order valence-corrected chi connectivity index (χ1v) is 4.90. The third-order valence-corrected chi connectivity index (χ3v) is 3.09. The van der Waals surface area contributed by atoms with Crippen LogP contribution in [0.25, 0.3) is 0 Å². The Morgan fingerprint density at radius 3 is 2.54 bits per heavy atom. The summed E-state index contributed by atoms with van der Waals surface area (Å²) in [5.41, 5.74) is -0.0942. The Morgan fingerprint density at radius 1 is 1.46 bits per heavy atom. The summed E-state index contributed by atoms with van der Waals surface area (Å²) in [4.78, 5) is 13.6. The van der Waals surface area contributed by atoms with Crippen molar-refractivity contribution in [2.75, 3.05) is 20.1 Å². The van der Waals surface area contributed by atoms with Crippen LogP contribution in [0.1, 0.15) is 19.8 Å². The lowest BCUT2D eigenvalue weighted by molar-refractivity contribution is -0.120. The van der Waals surface area contributed by atoms with E-state index in [1.54, 1.807) is 0 Å². The van der Waals surface area contributed by atoms with Gasteiger partial charge in [-0.2, -0.15) is 0 Å². The van der Waals surface area contributed by atoms with Gasteiger partial charge in [-0.25, -0.2) is 0 Å². The molecule has 0 aliphatic carbocycles. The molecule has 74 valence electrons. The molecule has 2 saturated heterocycles. The van der Waals surface area contributed by atoms with Gasteiger partial charge in [-0.1, -0.05) is 0 Å². The van der Waals surface area contributed by atoms with E-state index in [-0.39, 0.29) is 17.6 Å². The van der Waals surface area contributed by atoms with Crippen LogP contribution in [0.5, 0.6) is 0 Å². The minimum absolute atomic E-state index is 0.0246. The molecule has 1 spiro atoms. The molecule has 2 aliphatic rings. The molecule has 0 radical (unpaired) electrons. The summed E-state index contributed by atoms with van der Waals surface area (Å²) in [7, 11) is 2.12. The Kier molecular flexibility index (Phi) is 2.04. The molecule has 1 atom stereocenters. The first-order chi connectivity index (χ1) is 6.11. The van der Waals surface area contributed by atoms with Crippen LogP contribution in [-0.4, -0.2) is 42.6 Å². The number of hydrogen-bond donors (Lipinski definition) is 2. The fraction of sp³-hybridized carbons (Fsp3) is 0.889. The van der Waals surface area contributed by atoms with Crippen molar-refractivity contribution in [1.82, 2.24) is 15.5 Å². The Labute approximate surface area is 78.7 Å². The molecule has 13 heavy (non-hydrogen) atoms. The average Bonchev–Trinajstić information content (AvgIpc) is 2.36. The highest BCUT2D eigenvalue weighted by molar-refractivity contribution is 5.84. The first-order valence-electron chi connectivity index (χ1n) is 4.90. The summed E-state index contributed by atoms with van der Waals surface area (Å²) in [5.74, 6) is 0.143. The van der Waals surface area contributed by atoms with Crippen molar-refractivity contribution in [3.8, 4) is 0 Å². The van der Waals surface area contributed by atoms with Crippen LogP contribution in [0.15, 0.2) is 0 Å². The number of amides is 1. The molecule has 2 aliphatic heterocycles. The molecule has 1 amide bonds. The highest BCUT2D eigenvalue weighted by Gasteiger charge is 2.42. The lowest BCUT2D eigenvalue weighted by Gasteiger charge is -2.37. The largest absolute Gasteiger partial charge is 0.337 e. The minimum atomic E-state index is -0.0942. The summed E-state index contributed by atoms with van der Waals surface area (Å²) < 4.78 is 0. The van der Waals surface area contributed by atoms with E-state index in [0.717, 1.165) is 25.9 Å². The van der Waals surface area contributed by atoms with E-state index in [4.69, 9.17) is 0 Å². The molecular formula is C9H17N3O. The van der Waals surface area contributed by atoms with Gasteiger partial charge in [0.15, 0.2) is 0 Å². The molecule has 2 N–H and O–H groups in total. The SMILES string of the molecule is CC1NC2(CCN(C)CC2)NC1=O. The number of nitrogens with zero attached hydrogens (tertiary/aromatic N) is 1.